The van der Waals surface area contributed by atoms with E-state index < -0.39 is 6.04 Å². The van der Waals surface area contributed by atoms with E-state index in [2.05, 4.69) is 10.3 Å². The van der Waals surface area contributed by atoms with Gasteiger partial charge < -0.3 is 19.9 Å². The van der Waals surface area contributed by atoms with E-state index in [0.29, 0.717) is 45.7 Å². The van der Waals surface area contributed by atoms with E-state index in [4.69, 9.17) is 4.74 Å². The van der Waals surface area contributed by atoms with Gasteiger partial charge in [-0.3, -0.25) is 14.5 Å². The van der Waals surface area contributed by atoms with Crippen LogP contribution in [0.2, 0.25) is 0 Å². The Balaban J connectivity index is 1.31. The molecular formula is C20H24N4O4. The first-order valence-electron chi connectivity index (χ1n) is 9.66. The number of benzene rings is 1. The molecule has 148 valence electrons. The molecule has 28 heavy (non-hydrogen) atoms. The number of aromatic amines is 1. The van der Waals surface area contributed by atoms with Crippen LogP contribution in [-0.2, 0) is 20.7 Å². The molecule has 0 saturated carbocycles. The average molecular weight is 384 g/mol. The maximum absolute atomic E-state index is 12.6. The summed E-state index contributed by atoms with van der Waals surface area (Å²) < 4.78 is 5.24. The quantitative estimate of drug-likeness (QED) is 0.734. The number of amides is 4. The van der Waals surface area contributed by atoms with Crippen LogP contribution in [0.15, 0.2) is 30.5 Å². The number of imide groups is 1. The van der Waals surface area contributed by atoms with Gasteiger partial charge in [0.2, 0.25) is 5.91 Å². The Bertz CT molecular complexity index is 887. The van der Waals surface area contributed by atoms with Gasteiger partial charge in [-0.2, -0.15) is 0 Å². The molecule has 2 fully saturated rings. The predicted molar refractivity (Wildman–Crippen MR) is 103 cm³/mol. The van der Waals surface area contributed by atoms with E-state index in [1.54, 1.807) is 4.90 Å². The van der Waals surface area contributed by atoms with Gasteiger partial charge >= 0.3 is 6.03 Å². The van der Waals surface area contributed by atoms with Gasteiger partial charge in [0, 0.05) is 43.2 Å². The lowest BCUT2D eigenvalue weighted by Gasteiger charge is -2.27. The number of morpholine rings is 1. The van der Waals surface area contributed by atoms with Crippen molar-refractivity contribution in [2.75, 3.05) is 32.8 Å². The number of H-pyrrole nitrogens is 1. The number of rotatable bonds is 6. The van der Waals surface area contributed by atoms with Crippen LogP contribution in [0, 0.1) is 0 Å². The van der Waals surface area contributed by atoms with Crippen LogP contribution in [-0.4, -0.2) is 71.5 Å². The van der Waals surface area contributed by atoms with Crippen molar-refractivity contribution in [3.63, 3.8) is 0 Å². The fourth-order valence-electron chi connectivity index (χ4n) is 3.79. The molecule has 0 aliphatic carbocycles. The van der Waals surface area contributed by atoms with Crippen LogP contribution in [0.25, 0.3) is 10.9 Å². The molecule has 2 N–H and O–H groups in total. The van der Waals surface area contributed by atoms with Gasteiger partial charge in [-0.05, 0) is 24.5 Å². The summed E-state index contributed by atoms with van der Waals surface area (Å²) in [6.07, 6.45) is 3.07. The van der Waals surface area contributed by atoms with Crippen molar-refractivity contribution >= 4 is 28.7 Å². The van der Waals surface area contributed by atoms with Crippen LogP contribution in [0.1, 0.15) is 18.4 Å². The molecule has 0 radical (unpaired) electrons. The summed E-state index contributed by atoms with van der Waals surface area (Å²) in [7, 11) is 0. The largest absolute Gasteiger partial charge is 0.378 e. The smallest absolute Gasteiger partial charge is 0.324 e. The molecule has 8 heteroatoms. The first-order chi connectivity index (χ1) is 13.6. The molecule has 4 rings (SSSR count). The van der Waals surface area contributed by atoms with E-state index in [-0.39, 0.29) is 24.3 Å². The first kappa shape index (κ1) is 18.5. The van der Waals surface area contributed by atoms with Crippen LogP contribution in [0.3, 0.4) is 0 Å². The normalized spacial score (nSPS) is 20.1. The highest BCUT2D eigenvalue weighted by atomic mass is 16.5. The van der Waals surface area contributed by atoms with Gasteiger partial charge in [0.25, 0.3) is 5.91 Å². The molecular weight excluding hydrogens is 360 g/mol. The van der Waals surface area contributed by atoms with Crippen LogP contribution < -0.4 is 5.32 Å². The summed E-state index contributed by atoms with van der Waals surface area (Å²) >= 11 is 0. The third kappa shape index (κ3) is 3.73. The van der Waals surface area contributed by atoms with E-state index in [1.807, 2.05) is 30.5 Å². The minimum atomic E-state index is -0.625. The second-order valence-corrected chi connectivity index (χ2v) is 7.13. The average Bonchev–Trinajstić information content (AvgIpc) is 3.26. The Morgan fingerprint density at radius 3 is 2.79 bits per heavy atom. The number of urea groups is 1. The molecule has 0 bridgehead atoms. The minimum absolute atomic E-state index is 0.00240. The number of hydrogen-bond donors (Lipinski definition) is 2. The standard InChI is InChI=1S/C20H24N4O4/c25-18(23-9-11-28-12-10-23)6-5-17-19(26)24(20(27)22-17)8-7-14-13-21-16-4-2-1-3-15(14)16/h1-4,13,17,21H,5-12H2,(H,22,27)/t17-/m0/s1. The van der Waals surface area contributed by atoms with E-state index in [1.165, 1.54) is 4.90 Å². The third-order valence-corrected chi connectivity index (χ3v) is 5.40. The van der Waals surface area contributed by atoms with E-state index >= 15 is 0 Å². The van der Waals surface area contributed by atoms with Gasteiger partial charge in [-0.15, -0.1) is 0 Å². The van der Waals surface area contributed by atoms with Crippen molar-refractivity contribution in [2.45, 2.75) is 25.3 Å². The number of para-hydroxylation sites is 1. The molecule has 2 saturated heterocycles. The number of carbonyl (C=O) groups is 3. The maximum atomic E-state index is 12.6. The lowest BCUT2D eigenvalue weighted by Crippen LogP contribution is -2.41. The number of nitrogens with zero attached hydrogens (tertiary/aromatic N) is 2. The second-order valence-electron chi connectivity index (χ2n) is 7.13. The van der Waals surface area contributed by atoms with Crippen molar-refractivity contribution in [3.05, 3.63) is 36.0 Å². The van der Waals surface area contributed by atoms with Crippen LogP contribution in [0.5, 0.6) is 0 Å². The maximum Gasteiger partial charge on any atom is 0.324 e. The topological polar surface area (TPSA) is 94.7 Å². The Labute approximate surface area is 162 Å². The van der Waals surface area contributed by atoms with E-state index in [9.17, 15) is 14.4 Å². The number of nitrogens with one attached hydrogen (secondary N) is 2. The van der Waals surface area contributed by atoms with Crippen molar-refractivity contribution in [1.29, 1.82) is 0 Å². The monoisotopic (exact) mass is 384 g/mol. The van der Waals surface area contributed by atoms with Gasteiger partial charge in [0.15, 0.2) is 0 Å². The zero-order chi connectivity index (χ0) is 19.5. The van der Waals surface area contributed by atoms with Gasteiger partial charge in [0.05, 0.1) is 13.2 Å². The molecule has 4 amide bonds. The number of carbonyl (C=O) groups excluding carboxylic acids is 3. The Hall–Kier alpha value is -2.87. The highest BCUT2D eigenvalue weighted by Gasteiger charge is 2.37. The summed E-state index contributed by atoms with van der Waals surface area (Å²) in [6.45, 7) is 2.58. The molecule has 8 nitrogen and oxygen atoms in total. The highest BCUT2D eigenvalue weighted by molar-refractivity contribution is 6.04. The van der Waals surface area contributed by atoms with Crippen LogP contribution in [0.4, 0.5) is 4.79 Å². The molecule has 3 heterocycles. The van der Waals surface area contributed by atoms with Crippen LogP contribution >= 0.6 is 0 Å². The van der Waals surface area contributed by atoms with Gasteiger partial charge in [0.1, 0.15) is 6.04 Å². The fraction of sp³-hybridized carbons (Fsp3) is 0.450. The molecule has 0 spiro atoms. The second kappa shape index (κ2) is 8.02. The summed E-state index contributed by atoms with van der Waals surface area (Å²) in [5.41, 5.74) is 2.11. The Morgan fingerprint density at radius 1 is 1.18 bits per heavy atom. The van der Waals surface area contributed by atoms with Gasteiger partial charge in [-0.25, -0.2) is 4.79 Å². The molecule has 1 aromatic carbocycles. The molecule has 1 aromatic heterocycles. The number of fused-ring (bicyclic) bond motifs is 1. The van der Waals surface area contributed by atoms with Crippen molar-refractivity contribution in [1.82, 2.24) is 20.1 Å². The molecule has 2 aliphatic heterocycles. The number of ether oxygens (including phenoxy) is 1. The van der Waals surface area contributed by atoms with E-state index in [0.717, 1.165) is 16.5 Å². The molecule has 1 atom stereocenters. The van der Waals surface area contributed by atoms with Crippen molar-refractivity contribution < 1.29 is 19.1 Å². The molecule has 0 unspecified atom stereocenters. The van der Waals surface area contributed by atoms with Gasteiger partial charge in [-0.1, -0.05) is 18.2 Å². The minimum Gasteiger partial charge on any atom is -0.378 e. The first-order valence-corrected chi connectivity index (χ1v) is 9.66. The third-order valence-electron chi connectivity index (χ3n) is 5.40. The number of aromatic nitrogens is 1. The van der Waals surface area contributed by atoms with Crippen molar-refractivity contribution in [3.8, 4) is 0 Å². The zero-order valence-corrected chi connectivity index (χ0v) is 15.6. The summed E-state index contributed by atoms with van der Waals surface area (Å²) in [6, 6.07) is 6.94. The molecule has 2 aliphatic rings. The highest BCUT2D eigenvalue weighted by Crippen LogP contribution is 2.20. The fourth-order valence-corrected chi connectivity index (χ4v) is 3.79. The Kier molecular flexibility index (Phi) is 5.29. The Morgan fingerprint density at radius 2 is 1.96 bits per heavy atom. The number of hydrogen-bond acceptors (Lipinski definition) is 4. The zero-order valence-electron chi connectivity index (χ0n) is 15.6. The summed E-state index contributed by atoms with van der Waals surface area (Å²) in [5, 5.41) is 3.81. The van der Waals surface area contributed by atoms with Crippen molar-refractivity contribution in [2.24, 2.45) is 0 Å². The SMILES string of the molecule is O=C(CC[C@@H]1NC(=O)N(CCc2c[nH]c3ccccc23)C1=O)N1CCOCC1. The molecule has 2 aromatic rings. The summed E-state index contributed by atoms with van der Waals surface area (Å²) in [5.74, 6) is -0.248. The lowest BCUT2D eigenvalue weighted by molar-refractivity contribution is -0.135. The lowest BCUT2D eigenvalue weighted by atomic mass is 10.1. The summed E-state index contributed by atoms with van der Waals surface area (Å²) in [4.78, 5) is 43.3. The predicted octanol–water partition coefficient (Wildman–Crippen LogP) is 1.27.